The van der Waals surface area contributed by atoms with Gasteiger partial charge in [0.15, 0.2) is 0 Å². The number of benzene rings is 1. The lowest BCUT2D eigenvalue weighted by Crippen LogP contribution is -2.51. The van der Waals surface area contributed by atoms with Gasteiger partial charge < -0.3 is 0 Å². The fourth-order valence-corrected chi connectivity index (χ4v) is 8.09. The molecule has 2 saturated carbocycles. The molecule has 0 heterocycles. The summed E-state index contributed by atoms with van der Waals surface area (Å²) in [5.41, 5.74) is 0. The minimum Gasteiger partial charge on any atom is -0.0651 e. The monoisotopic (exact) mass is 314 g/mol. The summed E-state index contributed by atoms with van der Waals surface area (Å²) in [5, 5.41) is 2.12. The summed E-state index contributed by atoms with van der Waals surface area (Å²) >= 11 is 0. The Bertz CT molecular complexity index is 502. The van der Waals surface area contributed by atoms with Crippen LogP contribution in [0.5, 0.6) is 0 Å². The second kappa shape index (κ2) is 5.82. The lowest BCUT2D eigenvalue weighted by atomic mass is 9.76. The first-order valence-electron chi connectivity index (χ1n) is 9.40. The van der Waals surface area contributed by atoms with Crippen LogP contribution in [0.2, 0.25) is 18.1 Å². The van der Waals surface area contributed by atoms with E-state index in [4.69, 9.17) is 0 Å². The molecule has 0 radical (unpaired) electrons. The largest absolute Gasteiger partial charge is 0.0861 e. The average Bonchev–Trinajstić information content (AvgIpc) is 3.07. The summed E-state index contributed by atoms with van der Waals surface area (Å²) in [4.78, 5) is 0. The maximum absolute atomic E-state index is 2.59. The van der Waals surface area contributed by atoms with Crippen LogP contribution in [-0.4, -0.2) is 8.07 Å². The van der Waals surface area contributed by atoms with Gasteiger partial charge in [0.2, 0.25) is 0 Å². The molecule has 4 atom stereocenters. The van der Waals surface area contributed by atoms with Gasteiger partial charge in [0.1, 0.15) is 0 Å². The normalized spacial score (nSPS) is 31.7. The van der Waals surface area contributed by atoms with E-state index in [2.05, 4.69) is 64.2 Å². The van der Waals surface area contributed by atoms with Crippen molar-refractivity contribution < 1.29 is 0 Å². The molecule has 0 aromatic heterocycles. The van der Waals surface area contributed by atoms with Gasteiger partial charge >= 0.3 is 0 Å². The Labute approximate surface area is 138 Å². The maximum atomic E-state index is 2.59. The third-order valence-electron chi connectivity index (χ3n) is 7.57. The first-order valence-corrected chi connectivity index (χ1v) is 12.4. The smallest absolute Gasteiger partial charge is 0.0651 e. The summed E-state index contributed by atoms with van der Waals surface area (Å²) < 4.78 is 0. The minimum atomic E-state index is -1.43. The van der Waals surface area contributed by atoms with E-state index in [1.165, 1.54) is 25.7 Å². The second-order valence-electron chi connectivity index (χ2n) is 9.24. The molecule has 2 aliphatic carbocycles. The van der Waals surface area contributed by atoms with Crippen LogP contribution in [0.25, 0.3) is 0 Å². The van der Waals surface area contributed by atoms with Crippen LogP contribution in [0, 0.1) is 23.7 Å². The molecule has 1 heteroatoms. The molecule has 1 aromatic rings. The van der Waals surface area contributed by atoms with Crippen molar-refractivity contribution in [2.24, 2.45) is 23.7 Å². The molecule has 2 fully saturated rings. The van der Waals surface area contributed by atoms with Crippen molar-refractivity contribution in [1.29, 1.82) is 0 Å². The van der Waals surface area contributed by atoms with Gasteiger partial charge in [0.25, 0.3) is 0 Å². The van der Waals surface area contributed by atoms with E-state index in [1.807, 2.05) is 0 Å². The Kier molecular flexibility index (Phi) is 4.31. The standard InChI is InChI=1S/C21H34Si/c1-6-17-12-16-13-18(20(17)14-16)15-21(2,3)22(4,5)19-10-8-7-9-11-19/h7-11,16-18,20H,6,12-15H2,1-5H3. The van der Waals surface area contributed by atoms with Gasteiger partial charge in [-0.1, -0.05) is 75.8 Å². The predicted octanol–water partition coefficient (Wildman–Crippen LogP) is 5.84. The van der Waals surface area contributed by atoms with E-state index in [0.29, 0.717) is 5.04 Å². The lowest BCUT2D eigenvalue weighted by Gasteiger charge is -2.44. The van der Waals surface area contributed by atoms with Crippen LogP contribution in [0.4, 0.5) is 0 Å². The van der Waals surface area contributed by atoms with Crippen molar-refractivity contribution in [3.05, 3.63) is 30.3 Å². The molecular weight excluding hydrogens is 280 g/mol. The summed E-state index contributed by atoms with van der Waals surface area (Å²) in [6.07, 6.45) is 7.49. The Morgan fingerprint density at radius 3 is 2.23 bits per heavy atom. The predicted molar refractivity (Wildman–Crippen MR) is 100 cm³/mol. The molecule has 0 saturated heterocycles. The molecule has 0 amide bonds. The van der Waals surface area contributed by atoms with Gasteiger partial charge in [0.05, 0.1) is 8.07 Å². The highest BCUT2D eigenvalue weighted by Gasteiger charge is 2.49. The van der Waals surface area contributed by atoms with Gasteiger partial charge in [-0.15, -0.1) is 0 Å². The fourth-order valence-electron chi connectivity index (χ4n) is 5.51. The number of hydrogen-bond acceptors (Lipinski definition) is 0. The molecule has 2 aliphatic rings. The van der Waals surface area contributed by atoms with Crippen molar-refractivity contribution in [3.63, 3.8) is 0 Å². The third-order valence-corrected chi connectivity index (χ3v) is 12.9. The quantitative estimate of drug-likeness (QED) is 0.598. The molecule has 0 N–H and O–H groups in total. The summed E-state index contributed by atoms with van der Waals surface area (Å²) in [7, 11) is -1.43. The van der Waals surface area contributed by atoms with E-state index in [0.717, 1.165) is 23.7 Å². The average molecular weight is 315 g/mol. The number of hydrogen-bond donors (Lipinski definition) is 0. The van der Waals surface area contributed by atoms with E-state index in [9.17, 15) is 0 Å². The second-order valence-corrected chi connectivity index (χ2v) is 14.4. The van der Waals surface area contributed by atoms with Gasteiger partial charge in [-0.05, 0) is 54.4 Å². The van der Waals surface area contributed by atoms with Crippen molar-refractivity contribution in [3.8, 4) is 0 Å². The number of rotatable bonds is 5. The zero-order valence-electron chi connectivity index (χ0n) is 15.2. The summed E-state index contributed by atoms with van der Waals surface area (Å²) in [6, 6.07) is 11.4. The molecule has 2 bridgehead atoms. The number of fused-ring (bicyclic) bond motifs is 2. The molecule has 122 valence electrons. The summed E-state index contributed by atoms with van der Waals surface area (Å²) in [5.74, 6) is 4.17. The Hall–Kier alpha value is -0.563. The van der Waals surface area contributed by atoms with Crippen LogP contribution < -0.4 is 5.19 Å². The molecule has 1 aromatic carbocycles. The topological polar surface area (TPSA) is 0 Å². The lowest BCUT2D eigenvalue weighted by molar-refractivity contribution is 0.206. The summed E-state index contributed by atoms with van der Waals surface area (Å²) in [6.45, 7) is 12.7. The Morgan fingerprint density at radius 2 is 1.64 bits per heavy atom. The van der Waals surface area contributed by atoms with Gasteiger partial charge in [-0.3, -0.25) is 0 Å². The van der Waals surface area contributed by atoms with Gasteiger partial charge in [-0.2, -0.15) is 0 Å². The molecule has 4 unspecified atom stereocenters. The first kappa shape index (κ1) is 16.3. The van der Waals surface area contributed by atoms with Crippen molar-refractivity contribution in [2.75, 3.05) is 0 Å². The third kappa shape index (κ3) is 2.70. The van der Waals surface area contributed by atoms with Gasteiger partial charge in [-0.25, -0.2) is 0 Å². The molecule has 22 heavy (non-hydrogen) atoms. The Morgan fingerprint density at radius 1 is 1.00 bits per heavy atom. The van der Waals surface area contributed by atoms with E-state index >= 15 is 0 Å². The van der Waals surface area contributed by atoms with Crippen LogP contribution in [-0.2, 0) is 0 Å². The van der Waals surface area contributed by atoms with Gasteiger partial charge in [0, 0.05) is 0 Å². The molecular formula is C21H34Si. The van der Waals surface area contributed by atoms with Crippen molar-refractivity contribution in [2.45, 2.75) is 71.0 Å². The van der Waals surface area contributed by atoms with Crippen LogP contribution in [0.15, 0.2) is 30.3 Å². The maximum Gasteiger partial charge on any atom is 0.0861 e. The zero-order valence-corrected chi connectivity index (χ0v) is 16.2. The fraction of sp³-hybridized carbons (Fsp3) is 0.714. The Balaban J connectivity index is 1.76. The molecule has 0 spiro atoms. The van der Waals surface area contributed by atoms with E-state index < -0.39 is 8.07 Å². The van der Waals surface area contributed by atoms with Crippen LogP contribution in [0.1, 0.15) is 52.9 Å². The molecule has 0 aliphatic heterocycles. The van der Waals surface area contributed by atoms with Crippen LogP contribution in [0.3, 0.4) is 0 Å². The SMILES string of the molecule is CCC1CC2CC(CC(C)(C)[Si](C)(C)c3ccccc3)C1C2. The highest BCUT2D eigenvalue weighted by atomic mass is 28.3. The van der Waals surface area contributed by atoms with E-state index in [1.54, 1.807) is 11.6 Å². The molecule has 3 rings (SSSR count). The van der Waals surface area contributed by atoms with Crippen molar-refractivity contribution >= 4 is 13.3 Å². The minimum absolute atomic E-state index is 0.488. The zero-order chi connectivity index (χ0) is 16.0. The molecule has 0 nitrogen and oxygen atoms in total. The highest BCUT2D eigenvalue weighted by molar-refractivity contribution is 6.92. The van der Waals surface area contributed by atoms with Crippen molar-refractivity contribution in [1.82, 2.24) is 0 Å². The first-order chi connectivity index (χ1) is 10.3. The van der Waals surface area contributed by atoms with Crippen LogP contribution >= 0.6 is 0 Å². The highest BCUT2D eigenvalue weighted by Crippen LogP contribution is 2.57. The van der Waals surface area contributed by atoms with E-state index in [-0.39, 0.29) is 0 Å².